The van der Waals surface area contributed by atoms with Crippen LogP contribution in [0.4, 0.5) is 0 Å². The molecule has 0 heterocycles. The Morgan fingerprint density at radius 3 is 1.71 bits per heavy atom. The third-order valence-electron chi connectivity index (χ3n) is 0.632. The van der Waals surface area contributed by atoms with Crippen molar-refractivity contribution in [3.05, 3.63) is 0 Å². The average Bonchev–Trinajstić information content (AvgIpc) is 1.30. The molecular weight excluding hydrogens is 86.1 g/mol. The van der Waals surface area contributed by atoms with Crippen molar-refractivity contribution in [2.24, 2.45) is 5.41 Å². The van der Waals surface area contributed by atoms with Crippen molar-refractivity contribution >= 4 is 0 Å². The van der Waals surface area contributed by atoms with E-state index in [4.69, 9.17) is 0 Å². The van der Waals surface area contributed by atoms with Gasteiger partial charge in [0.2, 0.25) is 0 Å². The molecule has 0 aromatic rings. The Hall–Kier alpha value is -0.0400. The molecule has 0 saturated carbocycles. The monoisotopic (exact) mass is 100 g/mol. The number of rotatable bonds is 1. The van der Waals surface area contributed by atoms with Crippen LogP contribution in [0.15, 0.2) is 0 Å². The van der Waals surface area contributed by atoms with E-state index in [-0.39, 0.29) is 0 Å². The zero-order valence-electron chi connectivity index (χ0n) is 5.65. The van der Waals surface area contributed by atoms with Crippen molar-refractivity contribution in [2.45, 2.75) is 20.8 Å². The molecule has 0 amide bonds. The third-order valence-corrected chi connectivity index (χ3v) is 0.632. The van der Waals surface area contributed by atoms with Crippen molar-refractivity contribution in [2.75, 3.05) is 13.6 Å². The van der Waals surface area contributed by atoms with Crippen LogP contribution in [0.3, 0.4) is 0 Å². The third kappa shape index (κ3) is 5.96. The smallest absolute Gasteiger partial charge is 0.0178 e. The Bertz CT molecular complexity index is 42.6. The van der Waals surface area contributed by atoms with Gasteiger partial charge in [0.05, 0.1) is 0 Å². The Morgan fingerprint density at radius 2 is 1.71 bits per heavy atom. The second kappa shape index (κ2) is 2.31. The van der Waals surface area contributed by atoms with Crippen LogP contribution in [0.1, 0.15) is 20.8 Å². The Labute approximate surface area is 46.1 Å². The molecule has 0 aliphatic rings. The molecule has 0 aromatic carbocycles. The Balaban J connectivity index is 3.15. The van der Waals surface area contributed by atoms with Gasteiger partial charge in [0, 0.05) is 13.6 Å². The van der Waals surface area contributed by atoms with Crippen molar-refractivity contribution < 1.29 is 0 Å². The molecule has 0 N–H and O–H groups in total. The van der Waals surface area contributed by atoms with E-state index in [0.717, 1.165) is 6.54 Å². The van der Waals surface area contributed by atoms with Gasteiger partial charge >= 0.3 is 0 Å². The molecule has 0 saturated heterocycles. The minimum atomic E-state index is 0.384. The van der Waals surface area contributed by atoms with E-state index >= 15 is 0 Å². The highest BCUT2D eigenvalue weighted by molar-refractivity contribution is 4.61. The van der Waals surface area contributed by atoms with E-state index in [1.807, 2.05) is 7.05 Å². The van der Waals surface area contributed by atoms with Crippen LogP contribution in [0.2, 0.25) is 0 Å². The maximum absolute atomic E-state index is 4.01. The molecule has 7 heavy (non-hydrogen) atoms. The number of hydrogen-bond acceptors (Lipinski definition) is 0. The van der Waals surface area contributed by atoms with Crippen molar-refractivity contribution in [1.82, 2.24) is 5.32 Å². The first-order valence-corrected chi connectivity index (χ1v) is 2.62. The van der Waals surface area contributed by atoms with Gasteiger partial charge in [0.25, 0.3) is 0 Å². The zero-order valence-corrected chi connectivity index (χ0v) is 5.65. The van der Waals surface area contributed by atoms with Gasteiger partial charge in [-0.05, 0) is 5.41 Å². The molecule has 0 bridgehead atoms. The fourth-order valence-electron chi connectivity index (χ4n) is 0.474. The largest absolute Gasteiger partial charge is 0.245 e. The van der Waals surface area contributed by atoms with Gasteiger partial charge in [-0.3, -0.25) is 0 Å². The van der Waals surface area contributed by atoms with Gasteiger partial charge < -0.3 is 0 Å². The van der Waals surface area contributed by atoms with E-state index in [1.54, 1.807) is 0 Å². The van der Waals surface area contributed by atoms with Crippen molar-refractivity contribution in [3.63, 3.8) is 0 Å². The number of hydrogen-bond donors (Lipinski definition) is 0. The van der Waals surface area contributed by atoms with Gasteiger partial charge in [-0.1, -0.05) is 20.8 Å². The molecular formula is C6H14N. The number of nitrogens with zero attached hydrogens (tertiary/aromatic N) is 1. The summed E-state index contributed by atoms with van der Waals surface area (Å²) in [5.74, 6) is 0. The Morgan fingerprint density at radius 1 is 1.29 bits per heavy atom. The predicted octanol–water partition coefficient (Wildman–Crippen LogP) is 1.27. The van der Waals surface area contributed by atoms with Crippen LogP contribution in [-0.2, 0) is 0 Å². The van der Waals surface area contributed by atoms with Gasteiger partial charge in [-0.15, -0.1) is 0 Å². The summed E-state index contributed by atoms with van der Waals surface area (Å²) < 4.78 is 0. The molecule has 0 aromatic heterocycles. The summed E-state index contributed by atoms with van der Waals surface area (Å²) >= 11 is 0. The summed E-state index contributed by atoms with van der Waals surface area (Å²) in [4.78, 5) is 0. The molecule has 0 fully saturated rings. The van der Waals surface area contributed by atoms with Gasteiger partial charge in [-0.2, -0.15) is 0 Å². The lowest BCUT2D eigenvalue weighted by atomic mass is 9.97. The molecule has 0 unspecified atom stereocenters. The average molecular weight is 100 g/mol. The summed E-state index contributed by atoms with van der Waals surface area (Å²) in [5.41, 5.74) is 0.384. The minimum absolute atomic E-state index is 0.384. The van der Waals surface area contributed by atoms with Crippen LogP contribution in [0.25, 0.3) is 0 Å². The van der Waals surface area contributed by atoms with Gasteiger partial charge in [0.15, 0.2) is 0 Å². The lowest BCUT2D eigenvalue weighted by Crippen LogP contribution is -2.18. The second-order valence-corrected chi connectivity index (χ2v) is 3.04. The lowest BCUT2D eigenvalue weighted by molar-refractivity contribution is 0.392. The van der Waals surface area contributed by atoms with Gasteiger partial charge in [-0.25, -0.2) is 5.32 Å². The maximum Gasteiger partial charge on any atom is 0.0178 e. The molecule has 1 nitrogen and oxygen atoms in total. The minimum Gasteiger partial charge on any atom is -0.245 e. The summed E-state index contributed by atoms with van der Waals surface area (Å²) in [6.45, 7) is 7.51. The van der Waals surface area contributed by atoms with E-state index < -0.39 is 0 Å². The Kier molecular flexibility index (Phi) is 2.30. The summed E-state index contributed by atoms with van der Waals surface area (Å²) in [6, 6.07) is 0. The molecule has 0 rings (SSSR count). The van der Waals surface area contributed by atoms with E-state index in [0.29, 0.717) is 5.41 Å². The molecule has 0 aliphatic heterocycles. The van der Waals surface area contributed by atoms with E-state index in [9.17, 15) is 0 Å². The fourth-order valence-corrected chi connectivity index (χ4v) is 0.474. The van der Waals surface area contributed by atoms with E-state index in [2.05, 4.69) is 26.1 Å². The van der Waals surface area contributed by atoms with Crippen molar-refractivity contribution in [1.29, 1.82) is 0 Å². The molecule has 1 heteroatoms. The molecule has 1 radical (unpaired) electrons. The highest BCUT2D eigenvalue weighted by atomic mass is 14.8. The van der Waals surface area contributed by atoms with Crippen molar-refractivity contribution in [3.8, 4) is 0 Å². The van der Waals surface area contributed by atoms with Crippen LogP contribution in [-0.4, -0.2) is 13.6 Å². The van der Waals surface area contributed by atoms with E-state index in [1.165, 1.54) is 0 Å². The van der Waals surface area contributed by atoms with Gasteiger partial charge in [0.1, 0.15) is 0 Å². The zero-order chi connectivity index (χ0) is 5.91. The predicted molar refractivity (Wildman–Crippen MR) is 32.4 cm³/mol. The summed E-state index contributed by atoms with van der Waals surface area (Å²) in [7, 11) is 1.85. The normalized spacial score (nSPS) is 12.0. The topological polar surface area (TPSA) is 14.1 Å². The molecule has 0 aliphatic carbocycles. The maximum atomic E-state index is 4.01. The molecule has 0 atom stereocenters. The summed E-state index contributed by atoms with van der Waals surface area (Å²) in [6.07, 6.45) is 0. The van der Waals surface area contributed by atoms with Crippen LogP contribution >= 0.6 is 0 Å². The first kappa shape index (κ1) is 6.96. The highest BCUT2D eigenvalue weighted by Gasteiger charge is 2.06. The van der Waals surface area contributed by atoms with Crippen LogP contribution in [0, 0.1) is 5.41 Å². The first-order chi connectivity index (χ1) is 3.06. The second-order valence-electron chi connectivity index (χ2n) is 3.04. The van der Waals surface area contributed by atoms with Crippen LogP contribution in [0.5, 0.6) is 0 Å². The molecule has 0 spiro atoms. The lowest BCUT2D eigenvalue weighted by Gasteiger charge is -2.14. The fraction of sp³-hybridized carbons (Fsp3) is 1.00. The standard InChI is InChI=1S/C6H14N/c1-6(2,3)5-7-4/h5H2,1-4H3. The SMILES string of the molecule is C[N]CC(C)(C)C. The summed E-state index contributed by atoms with van der Waals surface area (Å²) in [5, 5.41) is 4.01. The van der Waals surface area contributed by atoms with Crippen LogP contribution < -0.4 is 5.32 Å². The molecule has 43 valence electrons. The highest BCUT2D eigenvalue weighted by Crippen LogP contribution is 2.09. The first-order valence-electron chi connectivity index (χ1n) is 2.62. The quantitative estimate of drug-likeness (QED) is 0.471.